The number of amides is 1. The molecule has 1 saturated heterocycles. The fraction of sp³-hybridized carbons (Fsp3) is 0.500. The summed E-state index contributed by atoms with van der Waals surface area (Å²) in [6, 6.07) is 5.71. The highest BCUT2D eigenvalue weighted by molar-refractivity contribution is 7.99. The van der Waals surface area contributed by atoms with Gasteiger partial charge in [0, 0.05) is 25.0 Å². The standard InChI is InChI=1S/C14H18N2O3S/c17-13(10-20-9-12-5-1-2-6-15-12)16-7-3-4-11(8-16)14(18)19/h1-2,5-6,11H,3-4,7-10H2,(H,18,19). The summed E-state index contributed by atoms with van der Waals surface area (Å²) in [6.45, 7) is 1.02. The lowest BCUT2D eigenvalue weighted by Crippen LogP contribution is -2.43. The minimum absolute atomic E-state index is 0.0249. The van der Waals surface area contributed by atoms with E-state index in [1.165, 1.54) is 11.8 Å². The molecule has 20 heavy (non-hydrogen) atoms. The summed E-state index contributed by atoms with van der Waals surface area (Å²) in [5, 5.41) is 9.01. The van der Waals surface area contributed by atoms with Crippen molar-refractivity contribution in [1.82, 2.24) is 9.88 Å². The lowest BCUT2D eigenvalue weighted by Gasteiger charge is -2.30. The quantitative estimate of drug-likeness (QED) is 0.894. The predicted octanol–water partition coefficient (Wildman–Crippen LogP) is 1.64. The number of thioether (sulfide) groups is 1. The Bertz CT molecular complexity index is 467. The van der Waals surface area contributed by atoms with Crippen LogP contribution in [0.1, 0.15) is 18.5 Å². The lowest BCUT2D eigenvalue weighted by molar-refractivity contribution is -0.145. The first-order valence-corrected chi connectivity index (χ1v) is 7.80. The third-order valence-electron chi connectivity index (χ3n) is 3.32. The second-order valence-corrected chi connectivity index (χ2v) is 5.82. The molecule has 1 amide bonds. The minimum Gasteiger partial charge on any atom is -0.481 e. The van der Waals surface area contributed by atoms with E-state index in [1.807, 2.05) is 18.2 Å². The first kappa shape index (κ1) is 14.8. The summed E-state index contributed by atoms with van der Waals surface area (Å²) in [7, 11) is 0. The van der Waals surface area contributed by atoms with Crippen LogP contribution < -0.4 is 0 Å². The van der Waals surface area contributed by atoms with Crippen molar-refractivity contribution in [3.05, 3.63) is 30.1 Å². The van der Waals surface area contributed by atoms with Gasteiger partial charge in [-0.05, 0) is 25.0 Å². The molecule has 1 aromatic rings. The van der Waals surface area contributed by atoms with Gasteiger partial charge in [0.15, 0.2) is 0 Å². The number of carbonyl (C=O) groups is 2. The summed E-state index contributed by atoms with van der Waals surface area (Å²) in [6.07, 6.45) is 3.17. The van der Waals surface area contributed by atoms with Crippen LogP contribution in [-0.2, 0) is 15.3 Å². The Morgan fingerprint density at radius 1 is 1.45 bits per heavy atom. The third kappa shape index (κ3) is 4.23. The molecule has 0 aliphatic carbocycles. The van der Waals surface area contributed by atoms with Gasteiger partial charge in [-0.25, -0.2) is 0 Å². The fourth-order valence-electron chi connectivity index (χ4n) is 2.22. The number of piperidine rings is 1. The van der Waals surface area contributed by atoms with Crippen LogP contribution in [-0.4, -0.2) is 45.7 Å². The highest BCUT2D eigenvalue weighted by Crippen LogP contribution is 2.18. The molecule has 5 nitrogen and oxygen atoms in total. The second-order valence-electron chi connectivity index (χ2n) is 4.83. The maximum Gasteiger partial charge on any atom is 0.308 e. The van der Waals surface area contributed by atoms with Crippen LogP contribution in [0.3, 0.4) is 0 Å². The lowest BCUT2D eigenvalue weighted by atomic mass is 9.98. The molecule has 0 saturated carbocycles. The number of carboxylic acid groups (broad SMARTS) is 1. The molecular formula is C14H18N2O3S. The summed E-state index contributed by atoms with van der Waals surface area (Å²) in [4.78, 5) is 28.9. The van der Waals surface area contributed by atoms with Gasteiger partial charge in [0.1, 0.15) is 0 Å². The molecule has 2 rings (SSSR count). The molecular weight excluding hydrogens is 276 g/mol. The monoisotopic (exact) mass is 294 g/mol. The van der Waals surface area contributed by atoms with E-state index in [4.69, 9.17) is 5.11 Å². The van der Waals surface area contributed by atoms with Gasteiger partial charge in [-0.3, -0.25) is 14.6 Å². The highest BCUT2D eigenvalue weighted by Gasteiger charge is 2.27. The Kier molecular flexibility index (Phi) is 5.40. The van der Waals surface area contributed by atoms with Gasteiger partial charge < -0.3 is 10.0 Å². The number of carboxylic acids is 1. The maximum absolute atomic E-state index is 12.0. The molecule has 108 valence electrons. The van der Waals surface area contributed by atoms with E-state index in [0.29, 0.717) is 31.0 Å². The van der Waals surface area contributed by atoms with Crippen molar-refractivity contribution < 1.29 is 14.7 Å². The highest BCUT2D eigenvalue weighted by atomic mass is 32.2. The van der Waals surface area contributed by atoms with Crippen LogP contribution >= 0.6 is 11.8 Å². The first-order chi connectivity index (χ1) is 9.66. The molecule has 2 heterocycles. The number of pyridine rings is 1. The Morgan fingerprint density at radius 2 is 2.30 bits per heavy atom. The van der Waals surface area contributed by atoms with Crippen LogP contribution in [0.4, 0.5) is 0 Å². The molecule has 0 spiro atoms. The van der Waals surface area contributed by atoms with Gasteiger partial charge in [-0.2, -0.15) is 0 Å². The number of likely N-dealkylation sites (tertiary alicyclic amines) is 1. The van der Waals surface area contributed by atoms with E-state index in [2.05, 4.69) is 4.98 Å². The van der Waals surface area contributed by atoms with Crippen LogP contribution in [0.5, 0.6) is 0 Å². The zero-order valence-electron chi connectivity index (χ0n) is 11.2. The molecule has 1 aromatic heterocycles. The Hall–Kier alpha value is -1.56. The molecule has 1 N–H and O–H groups in total. The van der Waals surface area contributed by atoms with Crippen molar-refractivity contribution in [3.8, 4) is 0 Å². The van der Waals surface area contributed by atoms with Crippen molar-refractivity contribution in [3.63, 3.8) is 0 Å². The van der Waals surface area contributed by atoms with Crippen molar-refractivity contribution in [2.75, 3.05) is 18.8 Å². The second kappa shape index (κ2) is 7.28. The van der Waals surface area contributed by atoms with Crippen LogP contribution in [0, 0.1) is 5.92 Å². The van der Waals surface area contributed by atoms with E-state index in [-0.39, 0.29) is 5.91 Å². The van der Waals surface area contributed by atoms with Gasteiger partial charge in [-0.15, -0.1) is 11.8 Å². The zero-order valence-corrected chi connectivity index (χ0v) is 12.0. The average molecular weight is 294 g/mol. The van der Waals surface area contributed by atoms with Crippen molar-refractivity contribution in [2.45, 2.75) is 18.6 Å². The molecule has 1 atom stereocenters. The number of hydrogen-bond acceptors (Lipinski definition) is 4. The topological polar surface area (TPSA) is 70.5 Å². The SMILES string of the molecule is O=C(O)C1CCCN(C(=O)CSCc2ccccn2)C1. The van der Waals surface area contributed by atoms with Gasteiger partial charge >= 0.3 is 5.97 Å². The largest absolute Gasteiger partial charge is 0.481 e. The number of rotatable bonds is 5. The third-order valence-corrected chi connectivity index (χ3v) is 4.28. The van der Waals surface area contributed by atoms with Crippen molar-refractivity contribution in [2.24, 2.45) is 5.92 Å². The maximum atomic E-state index is 12.0. The number of hydrogen-bond donors (Lipinski definition) is 1. The predicted molar refractivity (Wildman–Crippen MR) is 77.3 cm³/mol. The number of aromatic nitrogens is 1. The summed E-state index contributed by atoms with van der Waals surface area (Å²) in [5.41, 5.74) is 0.951. The van der Waals surface area contributed by atoms with Gasteiger partial charge in [-0.1, -0.05) is 6.07 Å². The van der Waals surface area contributed by atoms with Crippen molar-refractivity contribution in [1.29, 1.82) is 0 Å². The number of aliphatic carboxylic acids is 1. The molecule has 0 bridgehead atoms. The first-order valence-electron chi connectivity index (χ1n) is 6.65. The van der Waals surface area contributed by atoms with E-state index in [9.17, 15) is 9.59 Å². The zero-order chi connectivity index (χ0) is 14.4. The molecule has 6 heteroatoms. The van der Waals surface area contributed by atoms with Crippen LogP contribution in [0.25, 0.3) is 0 Å². The molecule has 1 aliphatic rings. The van der Waals surface area contributed by atoms with E-state index in [0.717, 1.165) is 12.1 Å². The molecule has 1 fully saturated rings. The van der Waals surface area contributed by atoms with Crippen LogP contribution in [0.2, 0.25) is 0 Å². The normalized spacial score (nSPS) is 18.8. The summed E-state index contributed by atoms with van der Waals surface area (Å²) < 4.78 is 0. The van der Waals surface area contributed by atoms with E-state index >= 15 is 0 Å². The minimum atomic E-state index is -0.802. The number of nitrogens with zero attached hydrogens (tertiary/aromatic N) is 2. The fourth-order valence-corrected chi connectivity index (χ4v) is 3.06. The van der Waals surface area contributed by atoms with E-state index in [1.54, 1.807) is 11.1 Å². The van der Waals surface area contributed by atoms with Gasteiger partial charge in [0.2, 0.25) is 5.91 Å². The summed E-state index contributed by atoms with van der Waals surface area (Å²) in [5.74, 6) is -0.111. The van der Waals surface area contributed by atoms with Gasteiger partial charge in [0.05, 0.1) is 17.4 Å². The van der Waals surface area contributed by atoms with E-state index < -0.39 is 11.9 Å². The summed E-state index contributed by atoms with van der Waals surface area (Å²) >= 11 is 1.52. The molecule has 1 unspecified atom stereocenters. The Morgan fingerprint density at radius 3 is 3.00 bits per heavy atom. The molecule has 0 radical (unpaired) electrons. The molecule has 0 aromatic carbocycles. The Balaban J connectivity index is 1.75. The van der Waals surface area contributed by atoms with Gasteiger partial charge in [0.25, 0.3) is 0 Å². The van der Waals surface area contributed by atoms with Crippen molar-refractivity contribution >= 4 is 23.6 Å². The van der Waals surface area contributed by atoms with Crippen LogP contribution in [0.15, 0.2) is 24.4 Å². The smallest absolute Gasteiger partial charge is 0.308 e. The number of carbonyl (C=O) groups excluding carboxylic acids is 1. The average Bonchev–Trinajstić information content (AvgIpc) is 2.48. The molecule has 1 aliphatic heterocycles. The Labute approximate surface area is 122 Å².